The average molecular weight is 330 g/mol. The molecule has 0 amide bonds. The Morgan fingerprint density at radius 3 is 2.74 bits per heavy atom. The lowest BCUT2D eigenvalue weighted by atomic mass is 9.90. The van der Waals surface area contributed by atoms with Crippen LogP contribution in [-0.2, 0) is 9.53 Å². The van der Waals surface area contributed by atoms with E-state index in [1.54, 1.807) is 11.8 Å². The van der Waals surface area contributed by atoms with Crippen molar-refractivity contribution < 1.29 is 28.0 Å². The topological polar surface area (TPSA) is 81.9 Å². The summed E-state index contributed by atoms with van der Waals surface area (Å²) in [4.78, 5) is 23.7. The second-order valence-corrected chi connectivity index (χ2v) is 5.51. The van der Waals surface area contributed by atoms with Crippen LogP contribution in [0.5, 0.6) is 5.75 Å². The van der Waals surface area contributed by atoms with E-state index in [4.69, 9.17) is 4.74 Å². The van der Waals surface area contributed by atoms with E-state index in [1.807, 2.05) is 0 Å². The Hall–Kier alpha value is -2.45. The molecule has 0 N–H and O–H groups in total. The average Bonchev–Trinajstić information content (AvgIpc) is 2.89. The van der Waals surface area contributed by atoms with Crippen LogP contribution in [0.1, 0.15) is 13.3 Å². The van der Waals surface area contributed by atoms with E-state index in [9.17, 15) is 23.7 Å². The van der Waals surface area contributed by atoms with Crippen LogP contribution in [-0.4, -0.2) is 37.7 Å². The molecule has 0 aliphatic carbocycles. The highest BCUT2D eigenvalue weighted by atomic mass is 19.3. The second-order valence-electron chi connectivity index (χ2n) is 5.51. The molecule has 9 heteroatoms. The van der Waals surface area contributed by atoms with Crippen molar-refractivity contribution in [3.63, 3.8) is 0 Å². The standard InChI is InChI=1S/C14H16F2N2O5/c1-14(12(19)22-2)5-6-17(8-14)9-3-4-10(18(20)21)11(7-9)23-13(15)16/h3-4,7,13H,5-6,8H2,1-2H3. The minimum atomic E-state index is -3.16. The van der Waals surface area contributed by atoms with E-state index in [0.29, 0.717) is 25.2 Å². The molecule has 0 bridgehead atoms. The quantitative estimate of drug-likeness (QED) is 0.469. The summed E-state index contributed by atoms with van der Waals surface area (Å²) in [6.45, 7) is -0.591. The molecule has 2 rings (SSSR count). The summed E-state index contributed by atoms with van der Waals surface area (Å²) < 4.78 is 33.9. The van der Waals surface area contributed by atoms with Gasteiger partial charge in [-0.05, 0) is 19.4 Å². The zero-order chi connectivity index (χ0) is 17.2. The molecule has 1 fully saturated rings. The van der Waals surface area contributed by atoms with E-state index in [1.165, 1.54) is 19.2 Å². The van der Waals surface area contributed by atoms with Gasteiger partial charge in [-0.15, -0.1) is 0 Å². The van der Waals surface area contributed by atoms with Gasteiger partial charge in [-0.2, -0.15) is 8.78 Å². The smallest absolute Gasteiger partial charge is 0.387 e. The van der Waals surface area contributed by atoms with Crippen molar-refractivity contribution in [1.29, 1.82) is 0 Å². The number of halogens is 2. The number of nitro groups is 1. The number of carbonyl (C=O) groups is 1. The maximum Gasteiger partial charge on any atom is 0.387 e. The second kappa shape index (κ2) is 6.35. The molecule has 0 saturated carbocycles. The number of methoxy groups -OCH3 is 1. The van der Waals surface area contributed by atoms with Gasteiger partial charge in [-0.1, -0.05) is 0 Å². The molecule has 1 saturated heterocycles. The Kier molecular flexibility index (Phi) is 4.67. The lowest BCUT2D eigenvalue weighted by Crippen LogP contribution is -2.32. The van der Waals surface area contributed by atoms with Crippen molar-refractivity contribution >= 4 is 17.3 Å². The van der Waals surface area contributed by atoms with Gasteiger partial charge in [-0.25, -0.2) is 0 Å². The summed E-state index contributed by atoms with van der Waals surface area (Å²) in [6, 6.07) is 3.74. The number of nitrogens with zero attached hydrogens (tertiary/aromatic N) is 2. The zero-order valence-corrected chi connectivity index (χ0v) is 12.6. The van der Waals surface area contributed by atoms with Gasteiger partial charge in [0.2, 0.25) is 5.75 Å². The van der Waals surface area contributed by atoms with Crippen molar-refractivity contribution in [2.75, 3.05) is 25.1 Å². The number of carbonyl (C=O) groups excluding carboxylic acids is 1. The summed E-state index contributed by atoms with van der Waals surface area (Å²) >= 11 is 0. The number of benzene rings is 1. The third-order valence-electron chi connectivity index (χ3n) is 3.87. The van der Waals surface area contributed by atoms with Crippen molar-refractivity contribution in [2.45, 2.75) is 20.0 Å². The highest BCUT2D eigenvalue weighted by Gasteiger charge is 2.41. The van der Waals surface area contributed by atoms with Crippen molar-refractivity contribution in [1.82, 2.24) is 0 Å². The lowest BCUT2D eigenvalue weighted by Gasteiger charge is -2.23. The molecule has 1 atom stereocenters. The summed E-state index contributed by atoms with van der Waals surface area (Å²) in [6.07, 6.45) is 0.529. The molecule has 1 aliphatic rings. The first kappa shape index (κ1) is 16.9. The van der Waals surface area contributed by atoms with E-state index in [0.717, 1.165) is 6.07 Å². The van der Waals surface area contributed by atoms with Crippen molar-refractivity contribution in [3.8, 4) is 5.75 Å². The summed E-state index contributed by atoms with van der Waals surface area (Å²) in [5.74, 6) is -0.861. The molecule has 1 unspecified atom stereocenters. The van der Waals surface area contributed by atoms with E-state index in [-0.39, 0.29) is 5.97 Å². The first-order valence-corrected chi connectivity index (χ1v) is 6.83. The van der Waals surface area contributed by atoms with Crippen LogP contribution >= 0.6 is 0 Å². The number of alkyl halides is 2. The Bertz CT molecular complexity index is 625. The van der Waals surface area contributed by atoms with Crippen LogP contribution < -0.4 is 9.64 Å². The van der Waals surface area contributed by atoms with Gasteiger partial charge >= 0.3 is 18.3 Å². The van der Waals surface area contributed by atoms with Crippen LogP contribution in [0.2, 0.25) is 0 Å². The molecule has 1 aliphatic heterocycles. The number of rotatable bonds is 5. The van der Waals surface area contributed by atoms with Gasteiger partial charge in [-0.3, -0.25) is 14.9 Å². The lowest BCUT2D eigenvalue weighted by molar-refractivity contribution is -0.386. The predicted octanol–water partition coefficient (Wildman–Crippen LogP) is 2.59. The summed E-state index contributed by atoms with van der Waals surface area (Å²) in [5.41, 5.74) is -0.775. The number of anilines is 1. The SMILES string of the molecule is COC(=O)C1(C)CCN(c2ccc([N+](=O)[O-])c(OC(F)F)c2)C1. The maximum atomic E-state index is 12.4. The van der Waals surface area contributed by atoms with Gasteiger partial charge in [0.05, 0.1) is 17.4 Å². The highest BCUT2D eigenvalue weighted by molar-refractivity contribution is 5.78. The largest absolute Gasteiger partial charge is 0.469 e. The first-order valence-electron chi connectivity index (χ1n) is 6.83. The van der Waals surface area contributed by atoms with Gasteiger partial charge in [0.1, 0.15) is 0 Å². The molecule has 126 valence electrons. The molecule has 1 aromatic carbocycles. The fourth-order valence-corrected chi connectivity index (χ4v) is 2.64. The van der Waals surface area contributed by atoms with Crippen molar-refractivity contribution in [3.05, 3.63) is 28.3 Å². The number of esters is 1. The predicted molar refractivity (Wildman–Crippen MR) is 76.7 cm³/mol. The number of nitro benzene ring substituents is 1. The monoisotopic (exact) mass is 330 g/mol. The number of hydrogen-bond acceptors (Lipinski definition) is 6. The van der Waals surface area contributed by atoms with Crippen LogP contribution in [0.4, 0.5) is 20.2 Å². The van der Waals surface area contributed by atoms with Gasteiger partial charge in [0, 0.05) is 30.9 Å². The third-order valence-corrected chi connectivity index (χ3v) is 3.87. The van der Waals surface area contributed by atoms with Crippen LogP contribution in [0.25, 0.3) is 0 Å². The highest BCUT2D eigenvalue weighted by Crippen LogP contribution is 2.38. The van der Waals surface area contributed by atoms with Crippen LogP contribution in [0, 0.1) is 15.5 Å². The van der Waals surface area contributed by atoms with Crippen molar-refractivity contribution in [2.24, 2.45) is 5.41 Å². The summed E-state index contributed by atoms with van der Waals surface area (Å²) in [5, 5.41) is 10.9. The molecule has 23 heavy (non-hydrogen) atoms. The molecule has 0 radical (unpaired) electrons. The fourth-order valence-electron chi connectivity index (χ4n) is 2.64. The molecule has 1 heterocycles. The van der Waals surface area contributed by atoms with Crippen LogP contribution in [0.15, 0.2) is 18.2 Å². The molecule has 1 aromatic rings. The first-order chi connectivity index (χ1) is 10.8. The summed E-state index contributed by atoms with van der Waals surface area (Å²) in [7, 11) is 1.30. The minimum Gasteiger partial charge on any atom is -0.469 e. The molecule has 0 spiro atoms. The van der Waals surface area contributed by atoms with E-state index < -0.39 is 28.4 Å². The zero-order valence-electron chi connectivity index (χ0n) is 12.6. The van der Waals surface area contributed by atoms with Gasteiger partial charge in [0.25, 0.3) is 0 Å². The molecule has 0 aromatic heterocycles. The maximum absolute atomic E-state index is 12.4. The molecular formula is C14H16F2N2O5. The number of hydrogen-bond donors (Lipinski definition) is 0. The van der Waals surface area contributed by atoms with Gasteiger partial charge in [0.15, 0.2) is 0 Å². The normalized spacial score (nSPS) is 20.7. The Morgan fingerprint density at radius 2 is 2.17 bits per heavy atom. The van der Waals surface area contributed by atoms with E-state index >= 15 is 0 Å². The molecular weight excluding hydrogens is 314 g/mol. The van der Waals surface area contributed by atoms with Gasteiger partial charge < -0.3 is 14.4 Å². The Labute approximate surface area is 130 Å². The Morgan fingerprint density at radius 1 is 1.48 bits per heavy atom. The Balaban J connectivity index is 2.27. The molecule has 7 nitrogen and oxygen atoms in total. The third kappa shape index (κ3) is 3.49. The number of ether oxygens (including phenoxy) is 2. The minimum absolute atomic E-state index is 0.325. The van der Waals surface area contributed by atoms with Crippen LogP contribution in [0.3, 0.4) is 0 Å². The van der Waals surface area contributed by atoms with E-state index in [2.05, 4.69) is 4.74 Å². The fraction of sp³-hybridized carbons (Fsp3) is 0.500.